The Balaban J connectivity index is 2.14. The van der Waals surface area contributed by atoms with Gasteiger partial charge in [0.05, 0.1) is 12.2 Å². The monoisotopic (exact) mass is 243 g/mol. The van der Waals surface area contributed by atoms with Gasteiger partial charge in [0.2, 0.25) is 5.95 Å². The van der Waals surface area contributed by atoms with Gasteiger partial charge >= 0.3 is 0 Å². The summed E-state index contributed by atoms with van der Waals surface area (Å²) in [6.07, 6.45) is 3.20. The van der Waals surface area contributed by atoms with Crippen molar-refractivity contribution in [2.45, 2.75) is 33.7 Å². The molecule has 0 amide bonds. The minimum Gasteiger partial charge on any atom is -0.356 e. The van der Waals surface area contributed by atoms with Crippen LogP contribution in [0.15, 0.2) is 30.5 Å². The maximum atomic E-state index is 4.51. The van der Waals surface area contributed by atoms with E-state index in [0.29, 0.717) is 0 Å². The molecule has 0 saturated carbocycles. The first-order valence-corrected chi connectivity index (χ1v) is 6.52. The Morgan fingerprint density at radius 1 is 1.17 bits per heavy atom. The number of nitrogens with zero attached hydrogens (tertiary/aromatic N) is 2. The first-order chi connectivity index (χ1) is 8.69. The fourth-order valence-corrected chi connectivity index (χ4v) is 1.94. The molecule has 1 N–H and O–H groups in total. The van der Waals surface area contributed by atoms with Crippen molar-refractivity contribution in [1.29, 1.82) is 0 Å². The Morgan fingerprint density at radius 2 is 1.89 bits per heavy atom. The summed E-state index contributed by atoms with van der Waals surface area (Å²) in [5.74, 6) is 0.968. The van der Waals surface area contributed by atoms with E-state index in [1.807, 2.05) is 6.92 Å². The van der Waals surface area contributed by atoms with Gasteiger partial charge in [-0.05, 0) is 25.8 Å². The highest BCUT2D eigenvalue weighted by atomic mass is 15.2. The van der Waals surface area contributed by atoms with Crippen molar-refractivity contribution in [3.63, 3.8) is 0 Å². The van der Waals surface area contributed by atoms with Gasteiger partial charge in [0.15, 0.2) is 0 Å². The third kappa shape index (κ3) is 3.13. The summed E-state index contributed by atoms with van der Waals surface area (Å²) in [5.41, 5.74) is 3.66. The quantitative estimate of drug-likeness (QED) is 0.872. The van der Waals surface area contributed by atoms with Gasteiger partial charge in [0, 0.05) is 12.7 Å². The van der Waals surface area contributed by atoms with Gasteiger partial charge in [-0.3, -0.25) is 0 Å². The molecule has 0 fully saturated rings. The Bertz CT molecular complexity index is 497. The summed E-state index contributed by atoms with van der Waals surface area (Å²) in [5, 5.41) is 3.37. The van der Waals surface area contributed by atoms with Crippen LogP contribution in [0, 0.1) is 13.8 Å². The summed E-state index contributed by atoms with van der Waals surface area (Å²) in [6, 6.07) is 8.65. The molecule has 0 unspecified atom stereocenters. The Morgan fingerprint density at radius 3 is 2.56 bits per heavy atom. The molecule has 0 spiro atoms. The highest BCUT2D eigenvalue weighted by Gasteiger charge is 2.05. The van der Waals surface area contributed by atoms with Crippen molar-refractivity contribution in [3.8, 4) is 0 Å². The van der Waals surface area contributed by atoms with Crippen molar-refractivity contribution in [1.82, 2.24) is 9.55 Å². The molecule has 3 nitrogen and oxygen atoms in total. The number of imidazole rings is 1. The van der Waals surface area contributed by atoms with Crippen LogP contribution in [0.4, 0.5) is 5.95 Å². The topological polar surface area (TPSA) is 29.9 Å². The second-order valence-electron chi connectivity index (χ2n) is 4.75. The lowest BCUT2D eigenvalue weighted by Gasteiger charge is -2.09. The standard InChI is InChI=1S/C15H21N3/c1-4-9-16-15-17-13(3)10-18(15)11-14-7-5-12(2)6-8-14/h5-8,10H,4,9,11H2,1-3H3,(H,16,17). The minimum absolute atomic E-state index is 0.868. The van der Waals surface area contributed by atoms with Crippen LogP contribution in [0.1, 0.15) is 30.2 Å². The summed E-state index contributed by atoms with van der Waals surface area (Å²) in [6.45, 7) is 8.13. The molecule has 0 aliphatic rings. The van der Waals surface area contributed by atoms with Gasteiger partial charge in [-0.1, -0.05) is 36.8 Å². The number of nitrogens with one attached hydrogen (secondary N) is 1. The summed E-state index contributed by atoms with van der Waals surface area (Å²) >= 11 is 0. The zero-order valence-electron chi connectivity index (χ0n) is 11.4. The molecular formula is C15H21N3. The van der Waals surface area contributed by atoms with Crippen LogP contribution in [0.25, 0.3) is 0 Å². The smallest absolute Gasteiger partial charge is 0.203 e. The van der Waals surface area contributed by atoms with Gasteiger partial charge in [-0.25, -0.2) is 4.98 Å². The van der Waals surface area contributed by atoms with Gasteiger partial charge in [-0.2, -0.15) is 0 Å². The predicted octanol–water partition coefficient (Wildman–Crippen LogP) is 3.37. The van der Waals surface area contributed by atoms with E-state index in [4.69, 9.17) is 0 Å². The Labute approximate surface area is 109 Å². The first kappa shape index (κ1) is 12.7. The molecular weight excluding hydrogens is 222 g/mol. The molecule has 2 aromatic rings. The highest BCUT2D eigenvalue weighted by Crippen LogP contribution is 2.12. The van der Waals surface area contributed by atoms with Crippen molar-refractivity contribution >= 4 is 5.95 Å². The molecule has 3 heteroatoms. The Kier molecular flexibility index (Phi) is 4.03. The fourth-order valence-electron chi connectivity index (χ4n) is 1.94. The van der Waals surface area contributed by atoms with Crippen molar-refractivity contribution < 1.29 is 0 Å². The van der Waals surface area contributed by atoms with E-state index in [1.54, 1.807) is 0 Å². The third-order valence-corrected chi connectivity index (χ3v) is 2.90. The number of hydrogen-bond donors (Lipinski definition) is 1. The van der Waals surface area contributed by atoms with Crippen LogP contribution in [0.2, 0.25) is 0 Å². The average molecular weight is 243 g/mol. The number of hydrogen-bond acceptors (Lipinski definition) is 2. The minimum atomic E-state index is 0.868. The zero-order chi connectivity index (χ0) is 13.0. The Hall–Kier alpha value is -1.77. The first-order valence-electron chi connectivity index (χ1n) is 6.52. The van der Waals surface area contributed by atoms with Gasteiger partial charge in [0.25, 0.3) is 0 Å². The maximum absolute atomic E-state index is 4.51. The molecule has 0 aliphatic heterocycles. The second-order valence-corrected chi connectivity index (χ2v) is 4.75. The van der Waals surface area contributed by atoms with Gasteiger partial charge < -0.3 is 9.88 Å². The van der Waals surface area contributed by atoms with Crippen LogP contribution in [0.5, 0.6) is 0 Å². The predicted molar refractivity (Wildman–Crippen MR) is 76.0 cm³/mol. The fraction of sp³-hybridized carbons (Fsp3) is 0.400. The molecule has 0 bridgehead atoms. The SMILES string of the molecule is CCCNc1nc(C)cn1Cc1ccc(C)cc1. The number of benzene rings is 1. The number of aryl methyl sites for hydroxylation is 2. The lowest BCUT2D eigenvalue weighted by molar-refractivity contribution is 0.792. The second kappa shape index (κ2) is 5.71. The molecule has 18 heavy (non-hydrogen) atoms. The molecule has 1 heterocycles. The van der Waals surface area contributed by atoms with E-state index < -0.39 is 0 Å². The van der Waals surface area contributed by atoms with Gasteiger partial charge in [0.1, 0.15) is 0 Å². The molecule has 0 atom stereocenters. The van der Waals surface area contributed by atoms with E-state index in [0.717, 1.165) is 31.2 Å². The molecule has 1 aromatic heterocycles. The summed E-state index contributed by atoms with van der Waals surface area (Å²) in [7, 11) is 0. The summed E-state index contributed by atoms with van der Waals surface area (Å²) < 4.78 is 2.18. The van der Waals surface area contributed by atoms with Crippen LogP contribution in [-0.2, 0) is 6.54 Å². The normalized spacial score (nSPS) is 10.6. The third-order valence-electron chi connectivity index (χ3n) is 2.90. The van der Waals surface area contributed by atoms with E-state index in [-0.39, 0.29) is 0 Å². The average Bonchev–Trinajstić information content (AvgIpc) is 2.70. The zero-order valence-corrected chi connectivity index (χ0v) is 11.4. The van der Waals surface area contributed by atoms with Crippen LogP contribution >= 0.6 is 0 Å². The van der Waals surface area contributed by atoms with Crippen LogP contribution < -0.4 is 5.32 Å². The molecule has 2 rings (SSSR count). The van der Waals surface area contributed by atoms with Crippen LogP contribution in [-0.4, -0.2) is 16.1 Å². The number of anilines is 1. The lowest BCUT2D eigenvalue weighted by Crippen LogP contribution is -2.08. The number of aromatic nitrogens is 2. The largest absolute Gasteiger partial charge is 0.356 e. The van der Waals surface area contributed by atoms with E-state index in [1.165, 1.54) is 11.1 Å². The van der Waals surface area contributed by atoms with Crippen LogP contribution in [0.3, 0.4) is 0 Å². The van der Waals surface area contributed by atoms with Crippen molar-refractivity contribution in [2.24, 2.45) is 0 Å². The lowest BCUT2D eigenvalue weighted by atomic mass is 10.1. The van der Waals surface area contributed by atoms with Gasteiger partial charge in [-0.15, -0.1) is 0 Å². The number of rotatable bonds is 5. The highest BCUT2D eigenvalue weighted by molar-refractivity contribution is 5.31. The van der Waals surface area contributed by atoms with Crippen molar-refractivity contribution in [2.75, 3.05) is 11.9 Å². The summed E-state index contributed by atoms with van der Waals surface area (Å²) in [4.78, 5) is 4.51. The molecule has 0 radical (unpaired) electrons. The molecule has 0 aliphatic carbocycles. The maximum Gasteiger partial charge on any atom is 0.203 e. The molecule has 1 aromatic carbocycles. The molecule has 96 valence electrons. The van der Waals surface area contributed by atoms with E-state index >= 15 is 0 Å². The van der Waals surface area contributed by atoms with Crippen molar-refractivity contribution in [3.05, 3.63) is 47.3 Å². The van der Waals surface area contributed by atoms with E-state index in [9.17, 15) is 0 Å². The van der Waals surface area contributed by atoms with E-state index in [2.05, 4.69) is 59.2 Å². The molecule has 0 saturated heterocycles.